The molecule has 4 nitrogen and oxygen atoms in total. The predicted molar refractivity (Wildman–Crippen MR) is 62.6 cm³/mol. The molecular formula is C11H5Cl2NO3. The minimum absolute atomic E-state index is 0.116. The van der Waals surface area contributed by atoms with Gasteiger partial charge >= 0.3 is 5.91 Å². The van der Waals surface area contributed by atoms with Gasteiger partial charge in [-0.1, -0.05) is 29.3 Å². The minimum Gasteiger partial charge on any atom is -0.316 e. The molecule has 1 saturated heterocycles. The number of amides is 1. The summed E-state index contributed by atoms with van der Waals surface area (Å²) >= 11 is 11.8. The van der Waals surface area contributed by atoms with Crippen molar-refractivity contribution < 1.29 is 14.4 Å². The summed E-state index contributed by atoms with van der Waals surface area (Å²) < 4.78 is 0. The Hall–Kier alpha value is -1.65. The Bertz CT molecular complexity index is 558. The summed E-state index contributed by atoms with van der Waals surface area (Å²) in [5.41, 5.74) is 0.268. The van der Waals surface area contributed by atoms with Gasteiger partial charge in [-0.25, -0.2) is 0 Å². The van der Waals surface area contributed by atoms with Crippen LogP contribution in [0.4, 0.5) is 0 Å². The molecule has 1 aliphatic rings. The van der Waals surface area contributed by atoms with Crippen molar-refractivity contribution in [1.82, 2.24) is 5.32 Å². The van der Waals surface area contributed by atoms with Gasteiger partial charge in [-0.15, -0.1) is 0 Å². The average Bonchev–Trinajstić information content (AvgIpc) is 2.52. The fourth-order valence-corrected chi connectivity index (χ4v) is 1.86. The van der Waals surface area contributed by atoms with Crippen molar-refractivity contribution in [1.29, 1.82) is 0 Å². The number of halogens is 2. The topological polar surface area (TPSA) is 63.2 Å². The van der Waals surface area contributed by atoms with E-state index < -0.39 is 17.5 Å². The molecule has 1 heterocycles. The summed E-state index contributed by atoms with van der Waals surface area (Å²) in [6, 6.07) is 4.82. The van der Waals surface area contributed by atoms with E-state index in [9.17, 15) is 14.4 Å². The largest absolute Gasteiger partial charge is 0.316 e. The fraction of sp³-hybridized carbons (Fsp3) is 0. The zero-order chi connectivity index (χ0) is 12.6. The number of hydrogen-bond donors (Lipinski definition) is 1. The van der Waals surface area contributed by atoms with Gasteiger partial charge in [0.2, 0.25) is 0 Å². The number of hydrogen-bond acceptors (Lipinski definition) is 3. The molecular weight excluding hydrogens is 265 g/mol. The Kier molecular flexibility index (Phi) is 3.00. The number of carbonyl (C=O) groups excluding carboxylic acids is 3. The summed E-state index contributed by atoms with van der Waals surface area (Å²) in [7, 11) is 0. The Labute approximate surface area is 106 Å². The molecule has 1 aromatic carbocycles. The van der Waals surface area contributed by atoms with Crippen LogP contribution in [0.3, 0.4) is 0 Å². The van der Waals surface area contributed by atoms with Crippen molar-refractivity contribution in [2.75, 3.05) is 0 Å². The van der Waals surface area contributed by atoms with Gasteiger partial charge < -0.3 is 5.32 Å². The molecule has 2 rings (SSSR count). The van der Waals surface area contributed by atoms with Crippen molar-refractivity contribution in [3.8, 4) is 0 Å². The molecule has 0 saturated carbocycles. The van der Waals surface area contributed by atoms with Gasteiger partial charge in [0, 0.05) is 15.6 Å². The zero-order valence-electron chi connectivity index (χ0n) is 8.29. The Morgan fingerprint density at radius 3 is 2.06 bits per heavy atom. The van der Waals surface area contributed by atoms with Gasteiger partial charge in [-0.05, 0) is 18.2 Å². The van der Waals surface area contributed by atoms with Crippen molar-refractivity contribution in [2.24, 2.45) is 0 Å². The third-order valence-corrected chi connectivity index (χ3v) is 2.85. The molecule has 0 unspecified atom stereocenters. The number of benzene rings is 1. The summed E-state index contributed by atoms with van der Waals surface area (Å²) in [5, 5.41) is 2.81. The third-order valence-electron chi connectivity index (χ3n) is 2.19. The number of carbonyl (C=O) groups is 3. The normalized spacial score (nSPS) is 17.8. The molecule has 6 heteroatoms. The third kappa shape index (κ3) is 2.09. The van der Waals surface area contributed by atoms with Crippen LogP contribution in [0.1, 0.15) is 5.56 Å². The smallest absolute Gasteiger partial charge is 0.300 e. The first-order valence-corrected chi connectivity index (χ1v) is 5.32. The molecule has 1 amide bonds. The van der Waals surface area contributed by atoms with Crippen LogP contribution in [0.25, 0.3) is 6.08 Å². The van der Waals surface area contributed by atoms with Crippen LogP contribution in [0.15, 0.2) is 23.9 Å². The molecule has 1 aliphatic heterocycles. The first-order valence-electron chi connectivity index (χ1n) is 4.56. The number of nitrogens with one attached hydrogen (secondary N) is 1. The molecule has 0 bridgehead atoms. The summed E-state index contributed by atoms with van der Waals surface area (Å²) in [4.78, 5) is 33.3. The lowest BCUT2D eigenvalue weighted by molar-refractivity contribution is -0.140. The van der Waals surface area contributed by atoms with E-state index in [1.54, 1.807) is 18.2 Å². The van der Waals surface area contributed by atoms with Gasteiger partial charge in [-0.2, -0.15) is 0 Å². The van der Waals surface area contributed by atoms with Crippen LogP contribution >= 0.6 is 23.2 Å². The number of allylic oxidation sites excluding steroid dienone is 1. The number of rotatable bonds is 1. The van der Waals surface area contributed by atoms with E-state index in [2.05, 4.69) is 5.32 Å². The zero-order valence-corrected chi connectivity index (χ0v) is 9.80. The molecule has 0 spiro atoms. The standard InChI is InChI=1S/C11H5Cl2NO3/c12-6-2-1-3-7(13)5(6)4-8-9(15)10(16)11(17)14-8/h1-4H,(H,14,17). The van der Waals surface area contributed by atoms with Crippen molar-refractivity contribution in [3.05, 3.63) is 39.5 Å². The van der Waals surface area contributed by atoms with E-state index in [0.717, 1.165) is 0 Å². The lowest BCUT2D eigenvalue weighted by Gasteiger charge is -2.02. The quantitative estimate of drug-likeness (QED) is 0.622. The second-order valence-corrected chi connectivity index (χ2v) is 4.12. The highest BCUT2D eigenvalue weighted by Gasteiger charge is 2.35. The van der Waals surface area contributed by atoms with Crippen molar-refractivity contribution >= 4 is 46.8 Å². The molecule has 0 atom stereocenters. The molecule has 1 N–H and O–H groups in total. The van der Waals surface area contributed by atoms with E-state index >= 15 is 0 Å². The molecule has 0 aromatic heterocycles. The van der Waals surface area contributed by atoms with E-state index in [-0.39, 0.29) is 5.70 Å². The lowest BCUT2D eigenvalue weighted by atomic mass is 10.1. The number of Topliss-reactive ketones (excluding diaryl/α,β-unsaturated/α-hetero) is 2. The highest BCUT2D eigenvalue weighted by Crippen LogP contribution is 2.26. The van der Waals surface area contributed by atoms with Crippen LogP contribution < -0.4 is 5.32 Å². The summed E-state index contributed by atoms with van der Waals surface area (Å²) in [6.07, 6.45) is 1.29. The minimum atomic E-state index is -1.08. The maximum Gasteiger partial charge on any atom is 0.300 e. The first kappa shape index (κ1) is 11.8. The maximum absolute atomic E-state index is 11.4. The van der Waals surface area contributed by atoms with E-state index in [1.165, 1.54) is 6.08 Å². The maximum atomic E-state index is 11.4. The first-order chi connectivity index (χ1) is 8.00. The van der Waals surface area contributed by atoms with E-state index in [0.29, 0.717) is 15.6 Å². The van der Waals surface area contributed by atoms with Crippen LogP contribution in [0.2, 0.25) is 10.0 Å². The fourth-order valence-electron chi connectivity index (χ4n) is 1.36. The van der Waals surface area contributed by atoms with Gasteiger partial charge in [0.15, 0.2) is 0 Å². The highest BCUT2D eigenvalue weighted by molar-refractivity contribution is 6.71. The van der Waals surface area contributed by atoms with Crippen LogP contribution in [-0.4, -0.2) is 17.5 Å². The molecule has 1 aromatic rings. The number of ketones is 2. The van der Waals surface area contributed by atoms with E-state index in [4.69, 9.17) is 23.2 Å². The monoisotopic (exact) mass is 269 g/mol. The van der Waals surface area contributed by atoms with Crippen molar-refractivity contribution in [2.45, 2.75) is 0 Å². The predicted octanol–water partition coefficient (Wildman–Crippen LogP) is 1.60. The second-order valence-electron chi connectivity index (χ2n) is 3.31. The molecule has 1 fully saturated rings. The average molecular weight is 270 g/mol. The van der Waals surface area contributed by atoms with Crippen LogP contribution in [-0.2, 0) is 14.4 Å². The Balaban J connectivity index is 2.48. The van der Waals surface area contributed by atoms with Crippen LogP contribution in [0.5, 0.6) is 0 Å². The molecule has 0 aliphatic carbocycles. The SMILES string of the molecule is O=C1NC(=Cc2c(Cl)cccc2Cl)C(=O)C1=O. The van der Waals surface area contributed by atoms with Gasteiger partial charge in [0.25, 0.3) is 11.6 Å². The molecule has 0 radical (unpaired) electrons. The Morgan fingerprint density at radius 1 is 1.00 bits per heavy atom. The lowest BCUT2D eigenvalue weighted by Crippen LogP contribution is -2.18. The molecule has 86 valence electrons. The van der Waals surface area contributed by atoms with Gasteiger partial charge in [0.05, 0.1) is 5.70 Å². The highest BCUT2D eigenvalue weighted by atomic mass is 35.5. The van der Waals surface area contributed by atoms with E-state index in [1.807, 2.05) is 0 Å². The molecule has 17 heavy (non-hydrogen) atoms. The Morgan fingerprint density at radius 2 is 1.59 bits per heavy atom. The van der Waals surface area contributed by atoms with Crippen molar-refractivity contribution in [3.63, 3.8) is 0 Å². The summed E-state index contributed by atoms with van der Waals surface area (Å²) in [5.74, 6) is -2.91. The van der Waals surface area contributed by atoms with Gasteiger partial charge in [-0.3, -0.25) is 14.4 Å². The second kappa shape index (κ2) is 4.31. The summed E-state index contributed by atoms with van der Waals surface area (Å²) in [6.45, 7) is 0. The van der Waals surface area contributed by atoms with Gasteiger partial charge in [0.1, 0.15) is 0 Å². The van der Waals surface area contributed by atoms with Crippen LogP contribution in [0, 0.1) is 0 Å².